The summed E-state index contributed by atoms with van der Waals surface area (Å²) in [6, 6.07) is 5.72. The van der Waals surface area contributed by atoms with E-state index in [0.29, 0.717) is 30.9 Å². The van der Waals surface area contributed by atoms with Gasteiger partial charge in [-0.1, -0.05) is 6.07 Å². The van der Waals surface area contributed by atoms with Crippen LogP contribution in [-0.2, 0) is 16.0 Å². The molecule has 1 fully saturated rings. The van der Waals surface area contributed by atoms with Gasteiger partial charge in [0.2, 0.25) is 5.91 Å². The summed E-state index contributed by atoms with van der Waals surface area (Å²) >= 11 is 0. The van der Waals surface area contributed by atoms with Crippen molar-refractivity contribution in [1.82, 2.24) is 10.2 Å². The van der Waals surface area contributed by atoms with E-state index in [9.17, 15) is 4.79 Å². The Balaban J connectivity index is 1.75. The van der Waals surface area contributed by atoms with E-state index in [1.54, 1.807) is 14.2 Å². The number of hydrogen-bond acceptors (Lipinski definition) is 5. The van der Waals surface area contributed by atoms with Gasteiger partial charge in [0.05, 0.1) is 26.9 Å². The molecule has 1 atom stereocenters. The maximum absolute atomic E-state index is 12.0. The second kappa shape index (κ2) is 8.74. The number of nitrogens with one attached hydrogen (secondary N) is 1. The number of carbonyl (C=O) groups excluding carboxylic acids is 1. The summed E-state index contributed by atoms with van der Waals surface area (Å²) < 4.78 is 16.1. The molecule has 1 aromatic carbocycles. The molecular weight excluding hydrogens is 296 g/mol. The molecule has 23 heavy (non-hydrogen) atoms. The lowest BCUT2D eigenvalue weighted by Crippen LogP contribution is -2.45. The number of amides is 1. The number of carbonyl (C=O) groups is 1. The van der Waals surface area contributed by atoms with Crippen LogP contribution in [0.25, 0.3) is 0 Å². The van der Waals surface area contributed by atoms with E-state index >= 15 is 0 Å². The molecular formula is C17H26N2O4. The third-order valence-corrected chi connectivity index (χ3v) is 3.96. The summed E-state index contributed by atoms with van der Waals surface area (Å²) in [4.78, 5) is 14.2. The lowest BCUT2D eigenvalue weighted by Gasteiger charge is -2.30. The van der Waals surface area contributed by atoms with E-state index in [1.165, 1.54) is 0 Å². The summed E-state index contributed by atoms with van der Waals surface area (Å²) in [7, 11) is 5.28. The Morgan fingerprint density at radius 1 is 1.35 bits per heavy atom. The number of likely N-dealkylation sites (N-methyl/N-ethyl adjacent to an activating group) is 1. The average molecular weight is 322 g/mol. The van der Waals surface area contributed by atoms with Crippen LogP contribution in [0, 0.1) is 0 Å². The minimum absolute atomic E-state index is 0.0385. The molecule has 1 N–H and O–H groups in total. The Hall–Kier alpha value is -1.79. The molecule has 6 heteroatoms. The first-order valence-corrected chi connectivity index (χ1v) is 7.90. The number of benzene rings is 1. The summed E-state index contributed by atoms with van der Waals surface area (Å²) in [5.41, 5.74) is 1.05. The highest BCUT2D eigenvalue weighted by molar-refractivity contribution is 5.76. The van der Waals surface area contributed by atoms with E-state index in [0.717, 1.165) is 25.3 Å². The van der Waals surface area contributed by atoms with E-state index in [4.69, 9.17) is 14.2 Å². The number of hydrogen-bond donors (Lipinski definition) is 1. The first kappa shape index (κ1) is 17.6. The van der Waals surface area contributed by atoms with Crippen LogP contribution >= 0.6 is 0 Å². The molecule has 6 nitrogen and oxygen atoms in total. The van der Waals surface area contributed by atoms with Gasteiger partial charge < -0.3 is 24.4 Å². The normalized spacial score (nSPS) is 18.5. The molecule has 0 spiro atoms. The molecule has 128 valence electrons. The minimum Gasteiger partial charge on any atom is -0.493 e. The van der Waals surface area contributed by atoms with Gasteiger partial charge in [0.1, 0.15) is 0 Å². The monoisotopic (exact) mass is 322 g/mol. The summed E-state index contributed by atoms with van der Waals surface area (Å²) in [5, 5.41) is 2.95. The molecule has 2 rings (SSSR count). The maximum atomic E-state index is 12.0. The number of methoxy groups -OCH3 is 2. The van der Waals surface area contributed by atoms with Crippen LogP contribution in [-0.4, -0.2) is 64.4 Å². The summed E-state index contributed by atoms with van der Waals surface area (Å²) in [6.45, 7) is 3.09. The number of nitrogens with zero attached hydrogens (tertiary/aromatic N) is 1. The standard InChI is InChI=1S/C17H26N2O4/c1-19-8-9-23-14(12-19)11-18-17(20)7-5-13-4-6-15(21-2)16(10-13)22-3/h4,6,10,14H,5,7-9,11-12H2,1-3H3,(H,18,20). The number of ether oxygens (including phenoxy) is 3. The lowest BCUT2D eigenvalue weighted by atomic mass is 10.1. The number of aryl methyl sites for hydroxylation is 1. The van der Waals surface area contributed by atoms with Gasteiger partial charge in [-0.25, -0.2) is 0 Å². The first-order chi connectivity index (χ1) is 11.1. The Labute approximate surface area is 137 Å². The lowest BCUT2D eigenvalue weighted by molar-refractivity contribution is -0.122. The van der Waals surface area contributed by atoms with Crippen LogP contribution in [0.1, 0.15) is 12.0 Å². The fourth-order valence-electron chi connectivity index (χ4n) is 2.60. The first-order valence-electron chi connectivity index (χ1n) is 7.90. The Bertz CT molecular complexity index is 521. The largest absolute Gasteiger partial charge is 0.493 e. The van der Waals surface area contributed by atoms with E-state index in [1.807, 2.05) is 18.2 Å². The van der Waals surface area contributed by atoms with E-state index in [2.05, 4.69) is 17.3 Å². The van der Waals surface area contributed by atoms with Crippen molar-refractivity contribution in [3.8, 4) is 11.5 Å². The van der Waals surface area contributed by atoms with Gasteiger partial charge in [-0.15, -0.1) is 0 Å². The fourth-order valence-corrected chi connectivity index (χ4v) is 2.60. The zero-order chi connectivity index (χ0) is 16.7. The quantitative estimate of drug-likeness (QED) is 0.814. The van der Waals surface area contributed by atoms with Crippen LogP contribution < -0.4 is 14.8 Å². The van der Waals surface area contributed by atoms with Crippen LogP contribution in [0.4, 0.5) is 0 Å². The molecule has 0 aliphatic carbocycles. The van der Waals surface area contributed by atoms with Crippen molar-refractivity contribution in [3.63, 3.8) is 0 Å². The zero-order valence-corrected chi connectivity index (χ0v) is 14.1. The predicted molar refractivity (Wildman–Crippen MR) is 88.1 cm³/mol. The molecule has 0 radical (unpaired) electrons. The molecule has 1 aliphatic heterocycles. The summed E-state index contributed by atoms with van der Waals surface area (Å²) in [5.74, 6) is 1.42. The van der Waals surface area contributed by atoms with Gasteiger partial charge in [0, 0.05) is 26.1 Å². The smallest absolute Gasteiger partial charge is 0.220 e. The van der Waals surface area contributed by atoms with Gasteiger partial charge in [-0.3, -0.25) is 4.79 Å². The van der Waals surface area contributed by atoms with Crippen LogP contribution in [0.15, 0.2) is 18.2 Å². The Kier molecular flexibility index (Phi) is 6.67. The third-order valence-electron chi connectivity index (χ3n) is 3.96. The van der Waals surface area contributed by atoms with Crippen molar-refractivity contribution in [2.24, 2.45) is 0 Å². The topological polar surface area (TPSA) is 60.0 Å². The van der Waals surface area contributed by atoms with Crippen LogP contribution in [0.3, 0.4) is 0 Å². The van der Waals surface area contributed by atoms with Crippen LogP contribution in [0.2, 0.25) is 0 Å². The van der Waals surface area contributed by atoms with E-state index < -0.39 is 0 Å². The third kappa shape index (κ3) is 5.41. The molecule has 1 unspecified atom stereocenters. The highest BCUT2D eigenvalue weighted by Crippen LogP contribution is 2.27. The molecule has 0 aromatic heterocycles. The molecule has 1 saturated heterocycles. The van der Waals surface area contributed by atoms with Gasteiger partial charge in [0.25, 0.3) is 0 Å². The zero-order valence-electron chi connectivity index (χ0n) is 14.1. The predicted octanol–water partition coefficient (Wildman–Crippen LogP) is 1.08. The Morgan fingerprint density at radius 3 is 2.83 bits per heavy atom. The SMILES string of the molecule is COc1ccc(CCC(=O)NCC2CN(C)CCO2)cc1OC. The van der Waals surface area contributed by atoms with Crippen molar-refractivity contribution in [2.45, 2.75) is 18.9 Å². The van der Waals surface area contributed by atoms with Crippen molar-refractivity contribution in [3.05, 3.63) is 23.8 Å². The van der Waals surface area contributed by atoms with Crippen molar-refractivity contribution >= 4 is 5.91 Å². The minimum atomic E-state index is 0.0385. The van der Waals surface area contributed by atoms with Gasteiger partial charge in [-0.2, -0.15) is 0 Å². The molecule has 1 aliphatic rings. The second-order valence-corrected chi connectivity index (χ2v) is 5.75. The van der Waals surface area contributed by atoms with Crippen molar-refractivity contribution < 1.29 is 19.0 Å². The number of morpholine rings is 1. The molecule has 1 heterocycles. The molecule has 1 aromatic rings. The van der Waals surface area contributed by atoms with Crippen molar-refractivity contribution in [1.29, 1.82) is 0 Å². The second-order valence-electron chi connectivity index (χ2n) is 5.75. The van der Waals surface area contributed by atoms with Gasteiger partial charge >= 0.3 is 0 Å². The van der Waals surface area contributed by atoms with Crippen LogP contribution in [0.5, 0.6) is 11.5 Å². The molecule has 0 bridgehead atoms. The number of rotatable bonds is 7. The molecule has 0 saturated carbocycles. The highest BCUT2D eigenvalue weighted by atomic mass is 16.5. The van der Waals surface area contributed by atoms with Gasteiger partial charge in [-0.05, 0) is 31.2 Å². The maximum Gasteiger partial charge on any atom is 0.220 e. The van der Waals surface area contributed by atoms with Gasteiger partial charge in [0.15, 0.2) is 11.5 Å². The Morgan fingerprint density at radius 2 is 2.13 bits per heavy atom. The molecule has 1 amide bonds. The average Bonchev–Trinajstić information content (AvgIpc) is 2.57. The summed E-state index contributed by atoms with van der Waals surface area (Å²) in [6.07, 6.45) is 1.19. The van der Waals surface area contributed by atoms with Crippen molar-refractivity contribution in [2.75, 3.05) is 47.5 Å². The highest BCUT2D eigenvalue weighted by Gasteiger charge is 2.18. The van der Waals surface area contributed by atoms with E-state index in [-0.39, 0.29) is 12.0 Å². The fraction of sp³-hybridized carbons (Fsp3) is 0.588.